The molecule has 2 aliphatic heterocycles. The van der Waals surface area contributed by atoms with Gasteiger partial charge in [0.05, 0.1) is 6.61 Å². The first kappa shape index (κ1) is 13.1. The van der Waals surface area contributed by atoms with Gasteiger partial charge in [-0.1, -0.05) is 18.2 Å². The molecular formula is C17H25NO. The molecule has 1 aromatic carbocycles. The average Bonchev–Trinajstić information content (AvgIpc) is 2.71. The van der Waals surface area contributed by atoms with E-state index in [1.54, 1.807) is 0 Å². The van der Waals surface area contributed by atoms with Gasteiger partial charge in [0, 0.05) is 19.1 Å². The minimum atomic E-state index is 0.356. The Kier molecular flexibility index (Phi) is 3.40. The van der Waals surface area contributed by atoms with Crippen molar-refractivity contribution in [1.82, 2.24) is 4.90 Å². The van der Waals surface area contributed by atoms with E-state index in [-0.39, 0.29) is 0 Å². The fraction of sp³-hybridized carbons (Fsp3) is 0.647. The Bertz CT molecular complexity index is 466. The number of methoxy groups -OCH3 is 1. The summed E-state index contributed by atoms with van der Waals surface area (Å²) < 4.78 is 5.58. The first-order valence-corrected chi connectivity index (χ1v) is 7.43. The molecule has 104 valence electrons. The molecule has 0 radical (unpaired) electrons. The van der Waals surface area contributed by atoms with Crippen LogP contribution in [-0.4, -0.2) is 38.3 Å². The molecule has 2 aliphatic rings. The molecule has 0 aromatic heterocycles. The molecule has 2 heterocycles. The number of nitrogens with zero attached hydrogens (tertiary/aromatic N) is 1. The second kappa shape index (κ2) is 4.92. The molecule has 0 N–H and O–H groups in total. The molecule has 2 bridgehead atoms. The molecule has 3 unspecified atom stereocenters. The van der Waals surface area contributed by atoms with E-state index >= 15 is 0 Å². The second-order valence-electron chi connectivity index (χ2n) is 6.51. The maximum atomic E-state index is 5.58. The van der Waals surface area contributed by atoms with Crippen molar-refractivity contribution < 1.29 is 4.74 Å². The first-order valence-electron chi connectivity index (χ1n) is 7.43. The number of benzene rings is 1. The molecule has 2 heteroatoms. The lowest BCUT2D eigenvalue weighted by molar-refractivity contribution is 0.0415. The van der Waals surface area contributed by atoms with Crippen molar-refractivity contribution >= 4 is 0 Å². The summed E-state index contributed by atoms with van der Waals surface area (Å²) in [7, 11) is 1.85. The van der Waals surface area contributed by atoms with Gasteiger partial charge in [0.1, 0.15) is 0 Å². The largest absolute Gasteiger partial charge is 0.384 e. The highest BCUT2D eigenvalue weighted by molar-refractivity contribution is 5.34. The normalized spacial score (nSPS) is 33.6. The maximum Gasteiger partial charge on any atom is 0.0537 e. The molecule has 2 nitrogen and oxygen atoms in total. The lowest BCUT2D eigenvalue weighted by Gasteiger charge is -2.41. The number of fused-ring (bicyclic) bond motifs is 2. The van der Waals surface area contributed by atoms with E-state index in [2.05, 4.69) is 36.9 Å². The lowest BCUT2D eigenvalue weighted by atomic mass is 9.69. The molecule has 3 rings (SSSR count). The number of aryl methyl sites for hydroxylation is 2. The summed E-state index contributed by atoms with van der Waals surface area (Å²) in [5.74, 6) is 0.672. The Labute approximate surface area is 116 Å². The summed E-state index contributed by atoms with van der Waals surface area (Å²) in [6.45, 7) is 9.06. The van der Waals surface area contributed by atoms with Crippen molar-refractivity contribution in [2.75, 3.05) is 33.4 Å². The number of piperidine rings is 1. The third kappa shape index (κ3) is 2.21. The number of ether oxygens (including phenoxy) is 1. The fourth-order valence-electron chi connectivity index (χ4n) is 4.08. The van der Waals surface area contributed by atoms with Gasteiger partial charge in [-0.15, -0.1) is 0 Å². The summed E-state index contributed by atoms with van der Waals surface area (Å²) in [4.78, 5) is 2.61. The zero-order valence-electron chi connectivity index (χ0n) is 12.4. The number of hydrogen-bond donors (Lipinski definition) is 0. The standard InChI is InChI=1S/C17H25NO/c1-13-4-5-15(10-14(13)2)16-6-8-18-9-7-17(16,11-18)12-19-3/h4-5,10,16H,6-9,11-12H2,1-3H3. The quantitative estimate of drug-likeness (QED) is 0.827. The minimum Gasteiger partial charge on any atom is -0.384 e. The summed E-state index contributed by atoms with van der Waals surface area (Å²) in [6.07, 6.45) is 2.57. The van der Waals surface area contributed by atoms with Crippen LogP contribution < -0.4 is 0 Å². The van der Waals surface area contributed by atoms with Crippen molar-refractivity contribution in [1.29, 1.82) is 0 Å². The van der Waals surface area contributed by atoms with Crippen LogP contribution in [0.15, 0.2) is 18.2 Å². The third-order valence-corrected chi connectivity index (χ3v) is 5.30. The van der Waals surface area contributed by atoms with Crippen LogP contribution in [0.4, 0.5) is 0 Å². The summed E-state index contributed by atoms with van der Waals surface area (Å²) >= 11 is 0. The Hall–Kier alpha value is -0.860. The molecular weight excluding hydrogens is 234 g/mol. The van der Waals surface area contributed by atoms with Gasteiger partial charge in [0.25, 0.3) is 0 Å². The van der Waals surface area contributed by atoms with Gasteiger partial charge in [0.2, 0.25) is 0 Å². The Morgan fingerprint density at radius 2 is 2.11 bits per heavy atom. The van der Waals surface area contributed by atoms with Gasteiger partial charge >= 0.3 is 0 Å². The molecule has 2 saturated heterocycles. The zero-order valence-corrected chi connectivity index (χ0v) is 12.4. The van der Waals surface area contributed by atoms with Gasteiger partial charge < -0.3 is 9.64 Å². The SMILES string of the molecule is COCC12CCN(CCC1c1ccc(C)c(C)c1)C2. The highest BCUT2D eigenvalue weighted by Gasteiger charge is 2.48. The van der Waals surface area contributed by atoms with Crippen molar-refractivity contribution in [2.45, 2.75) is 32.6 Å². The van der Waals surface area contributed by atoms with Crippen LogP contribution >= 0.6 is 0 Å². The molecule has 0 spiro atoms. The predicted molar refractivity (Wildman–Crippen MR) is 78.6 cm³/mol. The Morgan fingerprint density at radius 1 is 1.26 bits per heavy atom. The fourth-order valence-corrected chi connectivity index (χ4v) is 4.08. The molecule has 2 fully saturated rings. The lowest BCUT2D eigenvalue weighted by Crippen LogP contribution is -2.42. The first-order chi connectivity index (χ1) is 9.14. The molecule has 0 amide bonds. The Balaban J connectivity index is 1.95. The van der Waals surface area contributed by atoms with Crippen LogP contribution in [0, 0.1) is 19.3 Å². The van der Waals surface area contributed by atoms with E-state index in [9.17, 15) is 0 Å². The molecule has 3 atom stereocenters. The van der Waals surface area contributed by atoms with Gasteiger partial charge in [-0.2, -0.15) is 0 Å². The highest BCUT2D eigenvalue weighted by atomic mass is 16.5. The molecule has 0 aliphatic carbocycles. The third-order valence-electron chi connectivity index (χ3n) is 5.30. The van der Waals surface area contributed by atoms with Crippen LogP contribution in [0.25, 0.3) is 0 Å². The highest BCUT2D eigenvalue weighted by Crippen LogP contribution is 2.49. The topological polar surface area (TPSA) is 12.5 Å². The zero-order chi connectivity index (χ0) is 13.5. The van der Waals surface area contributed by atoms with Crippen molar-refractivity contribution in [2.24, 2.45) is 5.41 Å². The monoisotopic (exact) mass is 259 g/mol. The molecule has 19 heavy (non-hydrogen) atoms. The molecule has 1 aromatic rings. The van der Waals surface area contributed by atoms with Crippen LogP contribution in [0.1, 0.15) is 35.4 Å². The van der Waals surface area contributed by atoms with Crippen molar-refractivity contribution in [3.8, 4) is 0 Å². The van der Waals surface area contributed by atoms with Crippen LogP contribution in [0.5, 0.6) is 0 Å². The minimum absolute atomic E-state index is 0.356. The summed E-state index contributed by atoms with van der Waals surface area (Å²) in [6, 6.07) is 7.04. The van der Waals surface area contributed by atoms with E-state index in [4.69, 9.17) is 4.74 Å². The average molecular weight is 259 g/mol. The van der Waals surface area contributed by atoms with Gasteiger partial charge in [-0.3, -0.25) is 0 Å². The van der Waals surface area contributed by atoms with Gasteiger partial charge in [0.15, 0.2) is 0 Å². The second-order valence-corrected chi connectivity index (χ2v) is 6.51. The van der Waals surface area contributed by atoms with Gasteiger partial charge in [-0.05, 0) is 62.4 Å². The predicted octanol–water partition coefficient (Wildman–Crippen LogP) is 3.13. The number of hydrogen-bond acceptors (Lipinski definition) is 2. The Morgan fingerprint density at radius 3 is 2.84 bits per heavy atom. The summed E-state index contributed by atoms with van der Waals surface area (Å²) in [5.41, 5.74) is 4.70. The molecule has 0 saturated carbocycles. The van der Waals surface area contributed by atoms with Crippen molar-refractivity contribution in [3.05, 3.63) is 34.9 Å². The maximum absolute atomic E-state index is 5.58. The summed E-state index contributed by atoms with van der Waals surface area (Å²) in [5, 5.41) is 0. The van der Waals surface area contributed by atoms with Crippen LogP contribution in [0.2, 0.25) is 0 Å². The van der Waals surface area contributed by atoms with E-state index in [1.165, 1.54) is 49.2 Å². The van der Waals surface area contributed by atoms with E-state index in [1.807, 2.05) is 7.11 Å². The van der Waals surface area contributed by atoms with E-state index in [0.717, 1.165) is 6.61 Å². The van der Waals surface area contributed by atoms with Crippen LogP contribution in [-0.2, 0) is 4.74 Å². The van der Waals surface area contributed by atoms with Gasteiger partial charge in [-0.25, -0.2) is 0 Å². The van der Waals surface area contributed by atoms with Crippen molar-refractivity contribution in [3.63, 3.8) is 0 Å². The van der Waals surface area contributed by atoms with Crippen LogP contribution in [0.3, 0.4) is 0 Å². The number of rotatable bonds is 3. The smallest absolute Gasteiger partial charge is 0.0537 e. The van der Waals surface area contributed by atoms with E-state index < -0.39 is 0 Å². The van der Waals surface area contributed by atoms with E-state index in [0.29, 0.717) is 11.3 Å².